The number of phosphoric ester groups is 1. The molecule has 1 aromatic heterocycles. The summed E-state index contributed by atoms with van der Waals surface area (Å²) in [5.74, 6) is 0. The number of hydrogen-bond acceptors (Lipinski definition) is 8. The number of nitrogens with zero attached hydrogens (tertiary/aromatic N) is 5. The van der Waals surface area contributed by atoms with E-state index in [9.17, 15) is 4.57 Å². The molecule has 0 aliphatic carbocycles. The van der Waals surface area contributed by atoms with Crippen LogP contribution in [-0.4, -0.2) is 28.4 Å². The van der Waals surface area contributed by atoms with Crippen LogP contribution in [0.2, 0.25) is 0 Å². The maximum absolute atomic E-state index is 12.5. The first-order valence-electron chi connectivity index (χ1n) is 6.32. The normalized spacial score (nSPS) is 11.0. The lowest BCUT2D eigenvalue weighted by Crippen LogP contribution is -2.15. The number of benzene rings is 1. The Morgan fingerprint density at radius 3 is 2.41 bits per heavy atom. The van der Waals surface area contributed by atoms with Gasteiger partial charge in [0.1, 0.15) is 11.0 Å². The van der Waals surface area contributed by atoms with Crippen molar-refractivity contribution in [3.05, 3.63) is 24.3 Å². The molecule has 2 aromatic rings. The molecular formula is C12H12N5O4P. The van der Waals surface area contributed by atoms with Crippen molar-refractivity contribution < 1.29 is 18.2 Å². The molecule has 22 heavy (non-hydrogen) atoms. The van der Waals surface area contributed by atoms with E-state index in [2.05, 4.69) is 10.3 Å². The first-order valence-corrected chi connectivity index (χ1v) is 7.78. The van der Waals surface area contributed by atoms with Gasteiger partial charge >= 0.3 is 7.82 Å². The Labute approximate surface area is 126 Å². The summed E-state index contributed by atoms with van der Waals surface area (Å²) in [6.45, 7) is -0.264. The van der Waals surface area contributed by atoms with E-state index in [-0.39, 0.29) is 26.1 Å². The highest BCUT2D eigenvalue weighted by atomic mass is 31.2. The molecule has 0 N–H and O–H groups in total. The van der Waals surface area contributed by atoms with Gasteiger partial charge in [0.2, 0.25) is 0 Å². The summed E-state index contributed by atoms with van der Waals surface area (Å²) >= 11 is 0. The smallest absolute Gasteiger partial charge is 0.291 e. The van der Waals surface area contributed by atoms with Gasteiger partial charge in [-0.3, -0.25) is 13.7 Å². The zero-order chi connectivity index (χ0) is 15.8. The molecule has 0 aliphatic rings. The van der Waals surface area contributed by atoms with Gasteiger partial charge in [-0.15, -0.1) is 5.10 Å². The molecule has 2 rings (SSSR count). The van der Waals surface area contributed by atoms with E-state index in [0.717, 1.165) is 4.85 Å². The van der Waals surface area contributed by atoms with Crippen molar-refractivity contribution in [1.29, 1.82) is 10.5 Å². The van der Waals surface area contributed by atoms with Crippen molar-refractivity contribution in [3.63, 3.8) is 0 Å². The van der Waals surface area contributed by atoms with E-state index in [0.29, 0.717) is 11.0 Å². The number of phosphoric acid groups is 1. The van der Waals surface area contributed by atoms with Crippen LogP contribution in [0.4, 0.5) is 0 Å². The van der Waals surface area contributed by atoms with Crippen molar-refractivity contribution in [2.24, 2.45) is 0 Å². The van der Waals surface area contributed by atoms with Gasteiger partial charge in [-0.25, -0.2) is 4.57 Å². The summed E-state index contributed by atoms with van der Waals surface area (Å²) in [5.41, 5.74) is 1.03. The quantitative estimate of drug-likeness (QED) is 0.533. The summed E-state index contributed by atoms with van der Waals surface area (Å²) in [6, 6.07) is 10.6. The Balaban J connectivity index is 2.16. The number of rotatable bonds is 8. The summed E-state index contributed by atoms with van der Waals surface area (Å²) in [4.78, 5) is 0.939. The predicted octanol–water partition coefficient (Wildman–Crippen LogP) is 1.83. The molecule has 0 amide bonds. The van der Waals surface area contributed by atoms with E-state index in [4.69, 9.17) is 24.2 Å². The number of nitriles is 2. The standard InChI is InChI=1S/C12H12N5O4P/c13-7-3-9-19-22(18,20-10-4-8-14)21-17-12-6-2-1-5-11(12)15-16-17/h1-2,5-6H,3-4,9-10H2. The van der Waals surface area contributed by atoms with Crippen LogP contribution in [0.15, 0.2) is 24.3 Å². The molecule has 0 spiro atoms. The Morgan fingerprint density at radius 2 is 1.77 bits per heavy atom. The molecular weight excluding hydrogens is 309 g/mol. The molecule has 0 unspecified atom stereocenters. The summed E-state index contributed by atoms with van der Waals surface area (Å²) in [5, 5.41) is 24.6. The molecule has 1 heterocycles. The van der Waals surface area contributed by atoms with E-state index in [1.165, 1.54) is 0 Å². The zero-order valence-corrected chi connectivity index (χ0v) is 12.3. The second kappa shape index (κ2) is 7.53. The monoisotopic (exact) mass is 321 g/mol. The van der Waals surface area contributed by atoms with E-state index < -0.39 is 7.82 Å². The fourth-order valence-electron chi connectivity index (χ4n) is 1.49. The zero-order valence-electron chi connectivity index (χ0n) is 11.5. The highest BCUT2D eigenvalue weighted by molar-refractivity contribution is 7.48. The highest BCUT2D eigenvalue weighted by Crippen LogP contribution is 2.46. The van der Waals surface area contributed by atoms with Crippen molar-refractivity contribution in [1.82, 2.24) is 15.2 Å². The van der Waals surface area contributed by atoms with Crippen LogP contribution >= 0.6 is 7.82 Å². The average Bonchev–Trinajstić information content (AvgIpc) is 2.91. The SMILES string of the molecule is N#CCCOP(=O)(OCCC#N)On1nnc2ccccc21. The van der Waals surface area contributed by atoms with Crippen molar-refractivity contribution in [2.45, 2.75) is 12.8 Å². The second-order valence-corrected chi connectivity index (χ2v) is 5.54. The topological polar surface area (TPSA) is 123 Å². The largest absolute Gasteiger partial charge is 0.550 e. The number of para-hydroxylation sites is 1. The third kappa shape index (κ3) is 4.03. The van der Waals surface area contributed by atoms with Gasteiger partial charge in [0.15, 0.2) is 0 Å². The minimum atomic E-state index is -4.01. The lowest BCUT2D eigenvalue weighted by atomic mass is 10.3. The Morgan fingerprint density at radius 1 is 1.14 bits per heavy atom. The summed E-state index contributed by atoms with van der Waals surface area (Å²) < 4.78 is 27.7. The van der Waals surface area contributed by atoms with Crippen molar-refractivity contribution in [3.8, 4) is 12.1 Å². The second-order valence-electron chi connectivity index (χ2n) is 3.96. The Hall–Kier alpha value is -2.45. The van der Waals surface area contributed by atoms with E-state index in [1.807, 2.05) is 12.1 Å². The van der Waals surface area contributed by atoms with Gasteiger partial charge in [0, 0.05) is 0 Å². The molecule has 0 fully saturated rings. The van der Waals surface area contributed by atoms with Gasteiger partial charge in [-0.05, 0) is 17.3 Å². The van der Waals surface area contributed by atoms with Crippen molar-refractivity contribution >= 4 is 18.9 Å². The molecule has 0 radical (unpaired) electrons. The van der Waals surface area contributed by atoms with Gasteiger partial charge in [0.05, 0.1) is 38.2 Å². The highest BCUT2D eigenvalue weighted by Gasteiger charge is 2.30. The van der Waals surface area contributed by atoms with Crippen molar-refractivity contribution in [2.75, 3.05) is 13.2 Å². The fraction of sp³-hybridized carbons (Fsp3) is 0.333. The molecule has 0 bridgehead atoms. The van der Waals surface area contributed by atoms with E-state index >= 15 is 0 Å². The number of aromatic nitrogens is 3. The third-order valence-corrected chi connectivity index (χ3v) is 3.78. The maximum atomic E-state index is 12.5. The van der Waals surface area contributed by atoms with Crippen LogP contribution in [0, 0.1) is 22.7 Å². The minimum Gasteiger partial charge on any atom is -0.291 e. The average molecular weight is 321 g/mol. The number of hydrogen-bond donors (Lipinski definition) is 0. The van der Waals surface area contributed by atoms with Crippen LogP contribution in [0.25, 0.3) is 11.0 Å². The molecule has 0 aliphatic heterocycles. The Kier molecular flexibility index (Phi) is 5.45. The van der Waals surface area contributed by atoms with Crippen LogP contribution in [0.1, 0.15) is 12.8 Å². The van der Waals surface area contributed by atoms with Crippen LogP contribution < -0.4 is 4.62 Å². The fourth-order valence-corrected chi connectivity index (χ4v) is 2.60. The first-order chi connectivity index (χ1) is 10.7. The molecule has 1 aromatic carbocycles. The van der Waals surface area contributed by atoms with Crippen LogP contribution in [-0.2, 0) is 13.6 Å². The Bertz CT molecular complexity index is 739. The predicted molar refractivity (Wildman–Crippen MR) is 74.1 cm³/mol. The molecule has 0 saturated heterocycles. The summed E-state index contributed by atoms with van der Waals surface area (Å²) in [6.07, 6.45) is 0.0418. The third-order valence-electron chi connectivity index (χ3n) is 2.43. The minimum absolute atomic E-state index is 0.0209. The molecule has 0 atom stereocenters. The molecule has 114 valence electrons. The van der Waals surface area contributed by atoms with Gasteiger partial charge < -0.3 is 0 Å². The first kappa shape index (κ1) is 15.9. The number of fused-ring (bicyclic) bond motifs is 1. The lowest BCUT2D eigenvalue weighted by Gasteiger charge is -2.16. The van der Waals surface area contributed by atoms with Gasteiger partial charge in [-0.1, -0.05) is 17.0 Å². The molecule has 9 nitrogen and oxygen atoms in total. The van der Waals surface area contributed by atoms with Crippen LogP contribution in [0.3, 0.4) is 0 Å². The van der Waals surface area contributed by atoms with Crippen LogP contribution in [0.5, 0.6) is 0 Å². The maximum Gasteiger partial charge on any atom is 0.550 e. The lowest BCUT2D eigenvalue weighted by molar-refractivity contribution is 0.0969. The summed E-state index contributed by atoms with van der Waals surface area (Å²) in [7, 11) is -4.01. The molecule has 10 heteroatoms. The van der Waals surface area contributed by atoms with E-state index in [1.54, 1.807) is 24.3 Å². The van der Waals surface area contributed by atoms with Gasteiger partial charge in [-0.2, -0.15) is 10.5 Å². The molecule has 0 saturated carbocycles. The van der Waals surface area contributed by atoms with Gasteiger partial charge in [0.25, 0.3) is 0 Å².